The van der Waals surface area contributed by atoms with Crippen molar-refractivity contribution in [1.29, 1.82) is 0 Å². The average molecular weight is 363 g/mol. The highest BCUT2D eigenvalue weighted by atomic mass is 19.2. The van der Waals surface area contributed by atoms with E-state index in [4.69, 9.17) is 9.47 Å². The third kappa shape index (κ3) is 4.71. The molecule has 2 aromatic rings. The third-order valence-corrected chi connectivity index (χ3v) is 3.71. The highest BCUT2D eigenvalue weighted by molar-refractivity contribution is 6.06. The monoisotopic (exact) mass is 363 g/mol. The lowest BCUT2D eigenvalue weighted by Gasteiger charge is -2.19. The predicted molar refractivity (Wildman–Crippen MR) is 97.1 cm³/mol. The first kappa shape index (κ1) is 19.7. The lowest BCUT2D eigenvalue weighted by molar-refractivity contribution is 0.0992. The van der Waals surface area contributed by atoms with Crippen molar-refractivity contribution in [3.63, 3.8) is 0 Å². The van der Waals surface area contributed by atoms with Gasteiger partial charge in [0.25, 0.3) is 5.91 Å². The number of rotatable bonds is 8. The predicted octanol–water partition coefficient (Wildman–Crippen LogP) is 4.82. The Morgan fingerprint density at radius 1 is 0.923 bits per heavy atom. The largest absolute Gasteiger partial charge is 0.490 e. The van der Waals surface area contributed by atoms with E-state index < -0.39 is 11.6 Å². The van der Waals surface area contributed by atoms with Crippen LogP contribution < -0.4 is 14.4 Å². The van der Waals surface area contributed by atoms with E-state index in [0.717, 1.165) is 25.0 Å². The van der Waals surface area contributed by atoms with Crippen LogP contribution in [0.5, 0.6) is 11.5 Å². The van der Waals surface area contributed by atoms with Crippen LogP contribution >= 0.6 is 0 Å². The molecule has 0 heterocycles. The van der Waals surface area contributed by atoms with Crippen molar-refractivity contribution in [2.75, 3.05) is 25.2 Å². The van der Waals surface area contributed by atoms with E-state index in [1.807, 2.05) is 13.8 Å². The van der Waals surface area contributed by atoms with E-state index in [9.17, 15) is 13.6 Å². The molecular formula is C20H23F2NO3. The number of nitrogens with zero attached hydrogens (tertiary/aromatic N) is 1. The molecule has 0 saturated heterocycles. The molecular weight excluding hydrogens is 340 g/mol. The Bertz CT molecular complexity index is 765. The fraction of sp³-hybridized carbons (Fsp3) is 0.350. The van der Waals surface area contributed by atoms with Gasteiger partial charge in [-0.15, -0.1) is 0 Å². The van der Waals surface area contributed by atoms with E-state index in [-0.39, 0.29) is 11.6 Å². The van der Waals surface area contributed by atoms with Crippen molar-refractivity contribution >= 4 is 11.6 Å². The Morgan fingerprint density at radius 2 is 1.58 bits per heavy atom. The molecule has 0 atom stereocenters. The SMILES string of the molecule is CCCOc1ccc(C(=O)N(C)c2ccc(F)c(F)c2)cc1OCCC. The Kier molecular flexibility index (Phi) is 6.95. The summed E-state index contributed by atoms with van der Waals surface area (Å²) in [5.74, 6) is -1.25. The minimum Gasteiger partial charge on any atom is -0.490 e. The fourth-order valence-corrected chi connectivity index (χ4v) is 2.30. The van der Waals surface area contributed by atoms with Gasteiger partial charge in [0.1, 0.15) is 0 Å². The summed E-state index contributed by atoms with van der Waals surface area (Å²) < 4.78 is 37.9. The molecule has 140 valence electrons. The smallest absolute Gasteiger partial charge is 0.258 e. The molecule has 26 heavy (non-hydrogen) atoms. The van der Waals surface area contributed by atoms with Crippen LogP contribution in [-0.4, -0.2) is 26.2 Å². The van der Waals surface area contributed by atoms with E-state index in [0.29, 0.717) is 30.3 Å². The van der Waals surface area contributed by atoms with E-state index >= 15 is 0 Å². The van der Waals surface area contributed by atoms with Crippen molar-refractivity contribution in [1.82, 2.24) is 0 Å². The van der Waals surface area contributed by atoms with Crippen LogP contribution in [0.2, 0.25) is 0 Å². The number of carbonyl (C=O) groups excluding carboxylic acids is 1. The Hall–Kier alpha value is -2.63. The molecule has 6 heteroatoms. The Balaban J connectivity index is 2.27. The summed E-state index contributed by atoms with van der Waals surface area (Å²) in [5, 5.41) is 0. The molecule has 0 spiro atoms. The van der Waals surface area contributed by atoms with Crippen LogP contribution in [-0.2, 0) is 0 Å². The Morgan fingerprint density at radius 3 is 2.19 bits per heavy atom. The van der Waals surface area contributed by atoms with Crippen LogP contribution in [0.3, 0.4) is 0 Å². The molecule has 0 bridgehead atoms. The van der Waals surface area contributed by atoms with Gasteiger partial charge in [0.15, 0.2) is 23.1 Å². The second-order valence-corrected chi connectivity index (χ2v) is 5.82. The van der Waals surface area contributed by atoms with Crippen molar-refractivity contribution in [3.8, 4) is 11.5 Å². The van der Waals surface area contributed by atoms with Crippen LogP contribution in [0, 0.1) is 11.6 Å². The number of anilines is 1. The standard InChI is InChI=1S/C20H23F2NO3/c1-4-10-25-18-9-6-14(12-19(18)26-11-5-2)20(24)23(3)15-7-8-16(21)17(22)13-15/h6-9,12-13H,4-5,10-11H2,1-3H3. The summed E-state index contributed by atoms with van der Waals surface area (Å²) in [5.41, 5.74) is 0.628. The summed E-state index contributed by atoms with van der Waals surface area (Å²) in [7, 11) is 1.50. The van der Waals surface area contributed by atoms with Crippen molar-refractivity contribution in [2.45, 2.75) is 26.7 Å². The van der Waals surface area contributed by atoms with Gasteiger partial charge in [-0.05, 0) is 43.2 Å². The topological polar surface area (TPSA) is 38.8 Å². The third-order valence-electron chi connectivity index (χ3n) is 3.71. The first-order valence-electron chi connectivity index (χ1n) is 8.60. The molecule has 0 aromatic heterocycles. The maximum absolute atomic E-state index is 13.4. The fourth-order valence-electron chi connectivity index (χ4n) is 2.30. The first-order valence-corrected chi connectivity index (χ1v) is 8.60. The van der Waals surface area contributed by atoms with Crippen LogP contribution in [0.25, 0.3) is 0 Å². The zero-order chi connectivity index (χ0) is 19.1. The highest BCUT2D eigenvalue weighted by Gasteiger charge is 2.18. The van der Waals surface area contributed by atoms with Crippen LogP contribution in [0.1, 0.15) is 37.0 Å². The van der Waals surface area contributed by atoms with Crippen molar-refractivity contribution in [2.24, 2.45) is 0 Å². The quantitative estimate of drug-likeness (QED) is 0.675. The highest BCUT2D eigenvalue weighted by Crippen LogP contribution is 2.30. The van der Waals surface area contributed by atoms with Gasteiger partial charge in [0, 0.05) is 24.4 Å². The molecule has 0 fully saturated rings. The molecule has 0 aliphatic rings. The zero-order valence-corrected chi connectivity index (χ0v) is 15.2. The lowest BCUT2D eigenvalue weighted by Crippen LogP contribution is -2.26. The van der Waals surface area contributed by atoms with Gasteiger partial charge in [-0.3, -0.25) is 4.79 Å². The number of benzene rings is 2. The number of carbonyl (C=O) groups is 1. The lowest BCUT2D eigenvalue weighted by atomic mass is 10.1. The van der Waals surface area contributed by atoms with Gasteiger partial charge in [-0.25, -0.2) is 8.78 Å². The van der Waals surface area contributed by atoms with Crippen molar-refractivity contribution in [3.05, 3.63) is 53.6 Å². The molecule has 2 aromatic carbocycles. The normalized spacial score (nSPS) is 10.5. The number of hydrogen-bond acceptors (Lipinski definition) is 3. The number of amides is 1. The van der Waals surface area contributed by atoms with E-state index in [2.05, 4.69) is 0 Å². The molecule has 0 N–H and O–H groups in total. The van der Waals surface area contributed by atoms with Gasteiger partial charge in [0.2, 0.25) is 0 Å². The summed E-state index contributed by atoms with van der Waals surface area (Å²) in [6, 6.07) is 8.25. The minimum absolute atomic E-state index is 0.260. The van der Waals surface area contributed by atoms with Gasteiger partial charge in [-0.1, -0.05) is 13.8 Å². The van der Waals surface area contributed by atoms with Gasteiger partial charge < -0.3 is 14.4 Å². The molecule has 4 nitrogen and oxygen atoms in total. The molecule has 0 aliphatic heterocycles. The second kappa shape index (κ2) is 9.17. The molecule has 0 radical (unpaired) electrons. The van der Waals surface area contributed by atoms with Gasteiger partial charge in [0.05, 0.1) is 13.2 Å². The number of hydrogen-bond donors (Lipinski definition) is 0. The summed E-state index contributed by atoms with van der Waals surface area (Å²) in [6.07, 6.45) is 1.67. The zero-order valence-electron chi connectivity index (χ0n) is 15.2. The number of ether oxygens (including phenoxy) is 2. The van der Waals surface area contributed by atoms with Gasteiger partial charge in [-0.2, -0.15) is 0 Å². The summed E-state index contributed by atoms with van der Waals surface area (Å²) in [6.45, 7) is 5.03. The Labute approximate surface area is 152 Å². The average Bonchev–Trinajstić information content (AvgIpc) is 2.65. The maximum atomic E-state index is 13.4. The van der Waals surface area contributed by atoms with E-state index in [1.54, 1.807) is 18.2 Å². The van der Waals surface area contributed by atoms with Gasteiger partial charge >= 0.3 is 0 Å². The first-order chi connectivity index (χ1) is 12.5. The summed E-state index contributed by atoms with van der Waals surface area (Å²) >= 11 is 0. The molecule has 2 rings (SSSR count). The van der Waals surface area contributed by atoms with Crippen LogP contribution in [0.4, 0.5) is 14.5 Å². The number of halogens is 2. The molecule has 0 unspecified atom stereocenters. The molecule has 1 amide bonds. The maximum Gasteiger partial charge on any atom is 0.258 e. The molecule has 0 aliphatic carbocycles. The van der Waals surface area contributed by atoms with Crippen molar-refractivity contribution < 1.29 is 23.0 Å². The molecule has 0 saturated carbocycles. The summed E-state index contributed by atoms with van der Waals surface area (Å²) in [4.78, 5) is 14.0. The minimum atomic E-state index is -1.00. The van der Waals surface area contributed by atoms with E-state index in [1.165, 1.54) is 18.0 Å². The van der Waals surface area contributed by atoms with Crippen LogP contribution in [0.15, 0.2) is 36.4 Å². The second-order valence-electron chi connectivity index (χ2n) is 5.82.